The normalized spacial score (nSPS) is 10.5. The number of hydrogen-bond donors (Lipinski definition) is 1. The van der Waals surface area contributed by atoms with E-state index >= 15 is 0 Å². The van der Waals surface area contributed by atoms with Gasteiger partial charge in [-0.05, 0) is 24.3 Å². The highest BCUT2D eigenvalue weighted by atomic mass is 14.9. The largest absolute Gasteiger partial charge is 0.383 e. The Balaban J connectivity index is 1.72. The van der Waals surface area contributed by atoms with Crippen molar-refractivity contribution in [2.75, 3.05) is 11.9 Å². The van der Waals surface area contributed by atoms with E-state index in [-0.39, 0.29) is 0 Å². The summed E-state index contributed by atoms with van der Waals surface area (Å²) >= 11 is 0. The van der Waals surface area contributed by atoms with E-state index in [1.54, 1.807) is 0 Å². The van der Waals surface area contributed by atoms with Crippen molar-refractivity contribution >= 4 is 16.6 Å². The number of anilines is 1. The molecule has 0 fully saturated rings. The molecule has 0 amide bonds. The zero-order chi connectivity index (χ0) is 12.9. The summed E-state index contributed by atoms with van der Waals surface area (Å²) in [7, 11) is 0. The Hall–Kier alpha value is -2.42. The van der Waals surface area contributed by atoms with E-state index in [9.17, 15) is 0 Å². The molecule has 19 heavy (non-hydrogen) atoms. The summed E-state index contributed by atoms with van der Waals surface area (Å²) in [5.41, 5.74) is 3.20. The van der Waals surface area contributed by atoms with E-state index in [4.69, 9.17) is 0 Å². The van der Waals surface area contributed by atoms with Crippen LogP contribution in [0.4, 0.5) is 5.69 Å². The fourth-order valence-electron chi connectivity index (χ4n) is 2.12. The van der Waals surface area contributed by atoms with Crippen LogP contribution < -0.4 is 5.32 Å². The highest BCUT2D eigenvalue weighted by molar-refractivity contribution is 5.90. The molecular formula is C16H15N3. The van der Waals surface area contributed by atoms with Crippen molar-refractivity contribution in [3.05, 3.63) is 66.6 Å². The number of nitrogens with one attached hydrogen (secondary N) is 1. The Morgan fingerprint density at radius 1 is 0.842 bits per heavy atom. The zero-order valence-corrected chi connectivity index (χ0v) is 10.6. The van der Waals surface area contributed by atoms with Gasteiger partial charge >= 0.3 is 0 Å². The summed E-state index contributed by atoms with van der Waals surface area (Å²) in [6.07, 6.45) is 4.56. The predicted octanol–water partition coefficient (Wildman–Crippen LogP) is 3.28. The number of nitrogens with zero attached hydrogens (tertiary/aromatic N) is 2. The van der Waals surface area contributed by atoms with Crippen molar-refractivity contribution in [2.24, 2.45) is 0 Å². The maximum atomic E-state index is 4.43. The zero-order valence-electron chi connectivity index (χ0n) is 10.6. The van der Waals surface area contributed by atoms with Crippen molar-refractivity contribution in [2.45, 2.75) is 6.42 Å². The van der Waals surface area contributed by atoms with Gasteiger partial charge in [-0.1, -0.05) is 24.3 Å². The molecule has 0 saturated carbocycles. The SMILES string of the molecule is c1ccc(CCNc2cccc3cccnc23)nc1. The van der Waals surface area contributed by atoms with Gasteiger partial charge in [-0.2, -0.15) is 0 Å². The van der Waals surface area contributed by atoms with E-state index in [0.29, 0.717) is 0 Å². The molecule has 0 atom stereocenters. The van der Waals surface area contributed by atoms with Gasteiger partial charge < -0.3 is 5.32 Å². The van der Waals surface area contributed by atoms with Crippen LogP contribution in [0.5, 0.6) is 0 Å². The van der Waals surface area contributed by atoms with Gasteiger partial charge in [-0.25, -0.2) is 0 Å². The summed E-state index contributed by atoms with van der Waals surface area (Å²) in [4.78, 5) is 8.75. The molecule has 94 valence electrons. The first-order chi connectivity index (χ1) is 9.43. The third kappa shape index (κ3) is 2.71. The second-order valence-corrected chi connectivity index (χ2v) is 4.38. The van der Waals surface area contributed by atoms with Gasteiger partial charge in [-0.15, -0.1) is 0 Å². The van der Waals surface area contributed by atoms with Crippen LogP contribution in [0.2, 0.25) is 0 Å². The molecule has 0 aliphatic heterocycles. The molecule has 1 N–H and O–H groups in total. The number of rotatable bonds is 4. The number of benzene rings is 1. The maximum Gasteiger partial charge on any atom is 0.0933 e. The highest BCUT2D eigenvalue weighted by Crippen LogP contribution is 2.20. The Bertz CT molecular complexity index is 660. The van der Waals surface area contributed by atoms with Crippen molar-refractivity contribution in [1.82, 2.24) is 9.97 Å². The van der Waals surface area contributed by atoms with Crippen LogP contribution in [0.25, 0.3) is 10.9 Å². The quantitative estimate of drug-likeness (QED) is 0.771. The van der Waals surface area contributed by atoms with Gasteiger partial charge in [-0.3, -0.25) is 9.97 Å². The first-order valence-corrected chi connectivity index (χ1v) is 6.41. The fraction of sp³-hybridized carbons (Fsp3) is 0.125. The second kappa shape index (κ2) is 5.48. The number of hydrogen-bond acceptors (Lipinski definition) is 3. The van der Waals surface area contributed by atoms with Crippen LogP contribution in [0, 0.1) is 0 Å². The molecule has 3 heteroatoms. The van der Waals surface area contributed by atoms with Crippen molar-refractivity contribution < 1.29 is 0 Å². The summed E-state index contributed by atoms with van der Waals surface area (Å²) in [5, 5.41) is 4.59. The molecule has 3 rings (SSSR count). The molecule has 2 heterocycles. The van der Waals surface area contributed by atoms with Gasteiger partial charge in [0, 0.05) is 36.4 Å². The van der Waals surface area contributed by atoms with Crippen molar-refractivity contribution in [3.63, 3.8) is 0 Å². The van der Waals surface area contributed by atoms with E-state index in [2.05, 4.69) is 33.5 Å². The summed E-state index contributed by atoms with van der Waals surface area (Å²) < 4.78 is 0. The number of para-hydroxylation sites is 1. The smallest absolute Gasteiger partial charge is 0.0933 e. The molecule has 0 aliphatic carbocycles. The lowest BCUT2D eigenvalue weighted by molar-refractivity contribution is 0.962. The second-order valence-electron chi connectivity index (χ2n) is 4.38. The van der Waals surface area contributed by atoms with Gasteiger partial charge in [0.05, 0.1) is 11.2 Å². The van der Waals surface area contributed by atoms with Crippen LogP contribution in [0.3, 0.4) is 0 Å². The molecule has 0 radical (unpaired) electrons. The van der Waals surface area contributed by atoms with E-state index in [1.807, 2.05) is 42.7 Å². The average molecular weight is 249 g/mol. The molecule has 0 saturated heterocycles. The van der Waals surface area contributed by atoms with Gasteiger partial charge in [0.2, 0.25) is 0 Å². The van der Waals surface area contributed by atoms with Crippen molar-refractivity contribution in [3.8, 4) is 0 Å². The molecule has 0 aliphatic rings. The van der Waals surface area contributed by atoms with E-state index in [0.717, 1.165) is 35.2 Å². The molecule has 0 unspecified atom stereocenters. The molecule has 2 aromatic heterocycles. The number of pyridine rings is 2. The monoisotopic (exact) mass is 249 g/mol. The van der Waals surface area contributed by atoms with Crippen LogP contribution in [0.15, 0.2) is 60.9 Å². The van der Waals surface area contributed by atoms with Crippen molar-refractivity contribution in [1.29, 1.82) is 0 Å². The Kier molecular flexibility index (Phi) is 3.36. The van der Waals surface area contributed by atoms with Crippen LogP contribution in [-0.2, 0) is 6.42 Å². The Morgan fingerprint density at radius 2 is 1.74 bits per heavy atom. The molecule has 0 bridgehead atoms. The maximum absolute atomic E-state index is 4.43. The number of aromatic nitrogens is 2. The number of fused-ring (bicyclic) bond motifs is 1. The molecule has 3 nitrogen and oxygen atoms in total. The minimum Gasteiger partial charge on any atom is -0.383 e. The van der Waals surface area contributed by atoms with E-state index < -0.39 is 0 Å². The minimum absolute atomic E-state index is 0.854. The molecule has 0 spiro atoms. The molecule has 3 aromatic rings. The topological polar surface area (TPSA) is 37.8 Å². The Labute approximate surface area is 112 Å². The predicted molar refractivity (Wildman–Crippen MR) is 78.2 cm³/mol. The summed E-state index contributed by atoms with van der Waals surface area (Å²) in [5.74, 6) is 0. The lowest BCUT2D eigenvalue weighted by Gasteiger charge is -2.08. The van der Waals surface area contributed by atoms with Crippen LogP contribution in [-0.4, -0.2) is 16.5 Å². The highest BCUT2D eigenvalue weighted by Gasteiger charge is 2.00. The molecular weight excluding hydrogens is 234 g/mol. The summed E-state index contributed by atoms with van der Waals surface area (Å²) in [6, 6.07) is 16.2. The van der Waals surface area contributed by atoms with Crippen LogP contribution >= 0.6 is 0 Å². The summed E-state index contributed by atoms with van der Waals surface area (Å²) in [6.45, 7) is 0.854. The first-order valence-electron chi connectivity index (χ1n) is 6.41. The Morgan fingerprint density at radius 3 is 2.63 bits per heavy atom. The fourth-order valence-corrected chi connectivity index (χ4v) is 2.12. The lowest BCUT2D eigenvalue weighted by Crippen LogP contribution is -2.06. The van der Waals surface area contributed by atoms with Gasteiger partial charge in [0.15, 0.2) is 0 Å². The first kappa shape index (κ1) is 11.7. The van der Waals surface area contributed by atoms with Crippen LogP contribution in [0.1, 0.15) is 5.69 Å². The molecule has 1 aromatic carbocycles. The third-order valence-corrected chi connectivity index (χ3v) is 3.06. The average Bonchev–Trinajstić information content (AvgIpc) is 2.49. The van der Waals surface area contributed by atoms with Gasteiger partial charge in [0.1, 0.15) is 0 Å². The lowest BCUT2D eigenvalue weighted by atomic mass is 10.2. The van der Waals surface area contributed by atoms with Gasteiger partial charge in [0.25, 0.3) is 0 Å². The van der Waals surface area contributed by atoms with E-state index in [1.165, 1.54) is 0 Å². The minimum atomic E-state index is 0.854. The standard InChI is InChI=1S/C16H15N3/c1-2-10-17-14(7-1)9-12-18-15-8-3-5-13-6-4-11-19-16(13)15/h1-8,10-11,18H,9,12H2. The third-order valence-electron chi connectivity index (χ3n) is 3.06.